The standard InChI is InChI=1S/C18H29NO/c1-7-10-19-15-11-13(3)20-17-14(18(4,5)6)9-8-12(2)16(15)17/h8-9,13,15,19H,7,10-11H2,1-6H3. The van der Waals surface area contributed by atoms with Gasteiger partial charge in [0.2, 0.25) is 0 Å². The summed E-state index contributed by atoms with van der Waals surface area (Å²) in [6.07, 6.45) is 2.50. The van der Waals surface area contributed by atoms with Crippen LogP contribution in [-0.2, 0) is 5.41 Å². The van der Waals surface area contributed by atoms with Gasteiger partial charge in [0.25, 0.3) is 0 Å². The van der Waals surface area contributed by atoms with E-state index in [1.54, 1.807) is 0 Å². The van der Waals surface area contributed by atoms with Gasteiger partial charge in [-0.2, -0.15) is 0 Å². The zero-order chi connectivity index (χ0) is 14.9. The summed E-state index contributed by atoms with van der Waals surface area (Å²) in [5.41, 5.74) is 4.16. The van der Waals surface area contributed by atoms with Gasteiger partial charge in [0.15, 0.2) is 0 Å². The lowest BCUT2D eigenvalue weighted by Gasteiger charge is -2.36. The number of nitrogens with one attached hydrogen (secondary N) is 1. The van der Waals surface area contributed by atoms with E-state index in [1.807, 2.05) is 0 Å². The molecule has 2 rings (SSSR count). The number of fused-ring (bicyclic) bond motifs is 1. The molecule has 20 heavy (non-hydrogen) atoms. The Morgan fingerprint density at radius 3 is 2.60 bits per heavy atom. The van der Waals surface area contributed by atoms with Crippen LogP contribution in [0.5, 0.6) is 5.75 Å². The van der Waals surface area contributed by atoms with Gasteiger partial charge in [0, 0.05) is 18.0 Å². The molecular formula is C18H29NO. The third kappa shape index (κ3) is 3.01. The summed E-state index contributed by atoms with van der Waals surface area (Å²) >= 11 is 0. The smallest absolute Gasteiger partial charge is 0.128 e. The lowest BCUT2D eigenvalue weighted by molar-refractivity contribution is 0.162. The number of rotatable bonds is 3. The van der Waals surface area contributed by atoms with Crippen molar-refractivity contribution in [3.8, 4) is 5.75 Å². The predicted octanol–water partition coefficient (Wildman–Crippen LogP) is 4.50. The van der Waals surface area contributed by atoms with Crippen LogP contribution in [0.1, 0.15) is 70.2 Å². The monoisotopic (exact) mass is 275 g/mol. The highest BCUT2D eigenvalue weighted by Crippen LogP contribution is 2.43. The van der Waals surface area contributed by atoms with Crippen LogP contribution in [0.3, 0.4) is 0 Å². The maximum Gasteiger partial charge on any atom is 0.128 e. The van der Waals surface area contributed by atoms with E-state index in [4.69, 9.17) is 4.74 Å². The van der Waals surface area contributed by atoms with E-state index >= 15 is 0 Å². The lowest BCUT2D eigenvalue weighted by Crippen LogP contribution is -2.34. The maximum atomic E-state index is 6.24. The molecule has 0 spiro atoms. The first-order chi connectivity index (χ1) is 9.34. The molecule has 0 radical (unpaired) electrons. The first-order valence-electron chi connectivity index (χ1n) is 7.88. The normalized spacial score (nSPS) is 22.3. The van der Waals surface area contributed by atoms with Crippen molar-refractivity contribution in [1.82, 2.24) is 5.32 Å². The van der Waals surface area contributed by atoms with Crippen LogP contribution in [0.2, 0.25) is 0 Å². The molecule has 1 aliphatic rings. The Hall–Kier alpha value is -1.02. The molecule has 1 heterocycles. The Morgan fingerprint density at radius 1 is 1.30 bits per heavy atom. The molecule has 0 bridgehead atoms. The molecule has 0 aromatic heterocycles. The summed E-state index contributed by atoms with van der Waals surface area (Å²) in [6.45, 7) is 14.4. The Morgan fingerprint density at radius 2 is 2.00 bits per heavy atom. The number of hydrogen-bond acceptors (Lipinski definition) is 2. The van der Waals surface area contributed by atoms with Crippen molar-refractivity contribution >= 4 is 0 Å². The van der Waals surface area contributed by atoms with Crippen LogP contribution in [0, 0.1) is 6.92 Å². The molecule has 0 aliphatic carbocycles. The van der Waals surface area contributed by atoms with Crippen LogP contribution in [0.15, 0.2) is 12.1 Å². The third-order valence-corrected chi connectivity index (χ3v) is 4.10. The molecule has 112 valence electrons. The van der Waals surface area contributed by atoms with Crippen molar-refractivity contribution in [2.75, 3.05) is 6.54 Å². The highest BCUT2D eigenvalue weighted by Gasteiger charge is 2.31. The first-order valence-corrected chi connectivity index (χ1v) is 7.88. The average Bonchev–Trinajstić information content (AvgIpc) is 2.34. The second-order valence-corrected chi connectivity index (χ2v) is 7.09. The fourth-order valence-electron chi connectivity index (χ4n) is 3.05. The molecule has 0 fully saturated rings. The van der Waals surface area contributed by atoms with Crippen molar-refractivity contribution in [3.05, 3.63) is 28.8 Å². The third-order valence-electron chi connectivity index (χ3n) is 4.10. The molecule has 2 unspecified atom stereocenters. The van der Waals surface area contributed by atoms with Crippen LogP contribution >= 0.6 is 0 Å². The second-order valence-electron chi connectivity index (χ2n) is 7.09. The predicted molar refractivity (Wildman–Crippen MR) is 85.6 cm³/mol. The summed E-state index contributed by atoms with van der Waals surface area (Å²) in [7, 11) is 0. The Kier molecular flexibility index (Phi) is 4.43. The molecule has 2 atom stereocenters. The molecular weight excluding hydrogens is 246 g/mol. The van der Waals surface area contributed by atoms with Crippen molar-refractivity contribution in [3.63, 3.8) is 0 Å². The Balaban J connectivity index is 2.50. The summed E-state index contributed by atoms with van der Waals surface area (Å²) in [6, 6.07) is 4.92. The topological polar surface area (TPSA) is 21.3 Å². The Labute approximate surface area is 123 Å². The molecule has 0 amide bonds. The van der Waals surface area contributed by atoms with E-state index in [9.17, 15) is 0 Å². The highest BCUT2D eigenvalue weighted by molar-refractivity contribution is 5.51. The minimum absolute atomic E-state index is 0.115. The van der Waals surface area contributed by atoms with Crippen molar-refractivity contribution in [2.24, 2.45) is 0 Å². The van der Waals surface area contributed by atoms with Crippen LogP contribution < -0.4 is 10.1 Å². The summed E-state index contributed by atoms with van der Waals surface area (Å²) in [5.74, 6) is 1.13. The van der Waals surface area contributed by atoms with E-state index in [0.717, 1.165) is 18.7 Å². The van der Waals surface area contributed by atoms with E-state index in [1.165, 1.54) is 23.1 Å². The van der Waals surface area contributed by atoms with Crippen LogP contribution in [0.25, 0.3) is 0 Å². The average molecular weight is 275 g/mol. The Bertz CT molecular complexity index is 473. The molecule has 2 heteroatoms. The van der Waals surface area contributed by atoms with Gasteiger partial charge in [-0.05, 0) is 43.4 Å². The fraction of sp³-hybridized carbons (Fsp3) is 0.667. The van der Waals surface area contributed by atoms with Gasteiger partial charge < -0.3 is 10.1 Å². The van der Waals surface area contributed by atoms with Gasteiger partial charge in [-0.15, -0.1) is 0 Å². The van der Waals surface area contributed by atoms with Gasteiger partial charge in [-0.1, -0.05) is 39.8 Å². The number of aryl methyl sites for hydroxylation is 1. The van der Waals surface area contributed by atoms with Crippen LogP contribution in [0.4, 0.5) is 0 Å². The molecule has 1 aliphatic heterocycles. The minimum Gasteiger partial charge on any atom is -0.490 e. The van der Waals surface area contributed by atoms with Gasteiger partial charge in [-0.3, -0.25) is 0 Å². The quantitative estimate of drug-likeness (QED) is 0.876. The highest BCUT2D eigenvalue weighted by atomic mass is 16.5. The fourth-order valence-corrected chi connectivity index (χ4v) is 3.05. The number of benzene rings is 1. The van der Waals surface area contributed by atoms with Crippen molar-refractivity contribution < 1.29 is 4.74 Å². The van der Waals surface area contributed by atoms with E-state index < -0.39 is 0 Å². The largest absolute Gasteiger partial charge is 0.490 e. The van der Waals surface area contributed by atoms with E-state index in [-0.39, 0.29) is 11.5 Å². The molecule has 0 saturated heterocycles. The molecule has 0 saturated carbocycles. The van der Waals surface area contributed by atoms with Crippen molar-refractivity contribution in [1.29, 1.82) is 0 Å². The number of hydrogen-bond donors (Lipinski definition) is 1. The second kappa shape index (κ2) is 5.77. The first kappa shape index (κ1) is 15.4. The van der Waals surface area contributed by atoms with Crippen molar-refractivity contribution in [2.45, 2.75) is 71.9 Å². The molecule has 2 nitrogen and oxygen atoms in total. The minimum atomic E-state index is 0.115. The van der Waals surface area contributed by atoms with Gasteiger partial charge in [-0.25, -0.2) is 0 Å². The summed E-state index contributed by atoms with van der Waals surface area (Å²) in [5, 5.41) is 3.70. The van der Waals surface area contributed by atoms with Crippen LogP contribution in [-0.4, -0.2) is 12.6 Å². The zero-order valence-electron chi connectivity index (χ0n) is 13.8. The molecule has 1 aromatic rings. The van der Waals surface area contributed by atoms with Gasteiger partial charge in [0.1, 0.15) is 5.75 Å². The SMILES string of the molecule is CCCNC1CC(C)Oc2c(C(C)(C)C)ccc(C)c21. The van der Waals surface area contributed by atoms with Gasteiger partial charge >= 0.3 is 0 Å². The maximum absolute atomic E-state index is 6.24. The van der Waals surface area contributed by atoms with Gasteiger partial charge in [0.05, 0.1) is 6.10 Å². The lowest BCUT2D eigenvalue weighted by atomic mass is 9.81. The van der Waals surface area contributed by atoms with E-state index in [0.29, 0.717) is 6.04 Å². The summed E-state index contributed by atoms with van der Waals surface area (Å²) in [4.78, 5) is 0. The summed E-state index contributed by atoms with van der Waals surface area (Å²) < 4.78 is 6.24. The molecule has 1 aromatic carbocycles. The molecule has 1 N–H and O–H groups in total. The number of ether oxygens (including phenoxy) is 1. The van der Waals surface area contributed by atoms with E-state index in [2.05, 4.69) is 59.0 Å². The zero-order valence-corrected chi connectivity index (χ0v) is 13.8.